The minimum Gasteiger partial charge on any atom is -0.382 e. The van der Waals surface area contributed by atoms with Gasteiger partial charge in [0.2, 0.25) is 0 Å². The van der Waals surface area contributed by atoms with Crippen LogP contribution < -0.4 is 11.6 Å². The van der Waals surface area contributed by atoms with Crippen LogP contribution in [-0.2, 0) is 5.54 Å². The van der Waals surface area contributed by atoms with Crippen LogP contribution >= 0.6 is 0 Å². The van der Waals surface area contributed by atoms with Crippen LogP contribution in [0.3, 0.4) is 0 Å². The van der Waals surface area contributed by atoms with E-state index in [0.717, 1.165) is 27.7 Å². The van der Waals surface area contributed by atoms with Gasteiger partial charge >= 0.3 is 0 Å². The number of hydrazone groups is 1. The Labute approximate surface area is 214 Å². The lowest BCUT2D eigenvalue weighted by Gasteiger charge is -2.19. The van der Waals surface area contributed by atoms with Gasteiger partial charge in [-0.25, -0.2) is 9.97 Å². The molecule has 0 saturated heterocycles. The number of anilines is 1. The summed E-state index contributed by atoms with van der Waals surface area (Å²) < 4.78 is 0. The number of fused-ring (bicyclic) bond motifs is 1. The van der Waals surface area contributed by atoms with Crippen LogP contribution in [0.5, 0.6) is 0 Å². The van der Waals surface area contributed by atoms with Gasteiger partial charge in [-0.05, 0) is 44.2 Å². The molecule has 0 amide bonds. The Morgan fingerprint density at radius 1 is 0.811 bits per heavy atom. The highest BCUT2D eigenvalue weighted by Crippen LogP contribution is 2.32. The number of aromatic nitrogens is 4. The Hall–Kier alpha value is -4.98. The summed E-state index contributed by atoms with van der Waals surface area (Å²) in [5, 5.41) is 4.95. The summed E-state index contributed by atoms with van der Waals surface area (Å²) in [5.74, 6) is 6.01. The van der Waals surface area contributed by atoms with Gasteiger partial charge in [-0.3, -0.25) is 15.0 Å². The van der Waals surface area contributed by atoms with Crippen molar-refractivity contribution >= 4 is 28.6 Å². The van der Waals surface area contributed by atoms with Crippen LogP contribution in [0, 0.1) is 0 Å². The molecule has 0 atom stereocenters. The van der Waals surface area contributed by atoms with Gasteiger partial charge in [0.05, 0.1) is 34.4 Å². The highest BCUT2D eigenvalue weighted by Gasteiger charge is 2.22. The first-order valence-electron chi connectivity index (χ1n) is 11.8. The zero-order valence-corrected chi connectivity index (χ0v) is 20.6. The Morgan fingerprint density at radius 3 is 2.32 bits per heavy atom. The minimum atomic E-state index is -0.614. The molecule has 0 spiro atoms. The number of pyridine rings is 2. The third kappa shape index (κ3) is 4.90. The topological polar surface area (TPSA) is 128 Å². The molecule has 0 aliphatic carbocycles. The van der Waals surface area contributed by atoms with E-state index in [-0.39, 0.29) is 5.82 Å². The van der Waals surface area contributed by atoms with E-state index < -0.39 is 5.54 Å². The Bertz CT molecular complexity index is 1610. The molecule has 0 unspecified atom stereocenters. The highest BCUT2D eigenvalue weighted by atomic mass is 15.1. The zero-order chi connectivity index (χ0) is 25.8. The van der Waals surface area contributed by atoms with Crippen LogP contribution in [0.25, 0.3) is 33.4 Å². The fraction of sp³-hybridized carbons (Fsp3) is 0.103. The molecule has 8 heteroatoms. The standard InChI is InChI=1S/C29H26N8/c1-29(2,24-12-6-7-15-33-24)34-18-23(37-31)27-28(30)36-25(19-9-4-3-5-10-19)26(35-27)21-13-14-22-20(17-21)11-8-16-32-22/h3-18H,31H2,1-2H3,(H2,30,36)/b34-18?,37-23+. The average Bonchev–Trinajstić information content (AvgIpc) is 2.94. The maximum atomic E-state index is 6.43. The van der Waals surface area contributed by atoms with Crippen molar-refractivity contribution in [2.24, 2.45) is 15.9 Å². The molecule has 0 aliphatic heterocycles. The molecular weight excluding hydrogens is 460 g/mol. The molecule has 0 radical (unpaired) electrons. The lowest BCUT2D eigenvalue weighted by molar-refractivity contribution is 0.542. The van der Waals surface area contributed by atoms with Crippen molar-refractivity contribution in [3.8, 4) is 22.5 Å². The van der Waals surface area contributed by atoms with E-state index >= 15 is 0 Å². The number of rotatable bonds is 6. The normalized spacial score (nSPS) is 12.3. The molecule has 2 aromatic carbocycles. The Balaban J connectivity index is 1.64. The lowest BCUT2D eigenvalue weighted by Crippen LogP contribution is -2.20. The summed E-state index contributed by atoms with van der Waals surface area (Å²) in [7, 11) is 0. The first-order valence-corrected chi connectivity index (χ1v) is 11.8. The van der Waals surface area contributed by atoms with Gasteiger partial charge in [0.15, 0.2) is 5.82 Å². The van der Waals surface area contributed by atoms with Gasteiger partial charge in [-0.15, -0.1) is 0 Å². The second kappa shape index (κ2) is 9.94. The predicted molar refractivity (Wildman–Crippen MR) is 149 cm³/mol. The fourth-order valence-corrected chi connectivity index (χ4v) is 4.03. The number of hydrogen-bond acceptors (Lipinski definition) is 8. The van der Waals surface area contributed by atoms with Crippen molar-refractivity contribution in [3.05, 3.63) is 103 Å². The summed E-state index contributed by atoms with van der Waals surface area (Å²) >= 11 is 0. The van der Waals surface area contributed by atoms with Crippen LogP contribution in [0.4, 0.5) is 5.82 Å². The second-order valence-electron chi connectivity index (χ2n) is 8.98. The highest BCUT2D eigenvalue weighted by molar-refractivity contribution is 6.38. The molecule has 8 nitrogen and oxygen atoms in total. The molecule has 0 fully saturated rings. The van der Waals surface area contributed by atoms with E-state index in [1.165, 1.54) is 0 Å². The second-order valence-corrected chi connectivity index (χ2v) is 8.98. The van der Waals surface area contributed by atoms with Crippen LogP contribution in [-0.4, -0.2) is 31.9 Å². The first kappa shape index (κ1) is 23.7. The Morgan fingerprint density at radius 2 is 1.57 bits per heavy atom. The molecule has 4 N–H and O–H groups in total. The van der Waals surface area contributed by atoms with Gasteiger partial charge < -0.3 is 11.6 Å². The molecule has 3 aromatic heterocycles. The van der Waals surface area contributed by atoms with Gasteiger partial charge in [0.25, 0.3) is 0 Å². The largest absolute Gasteiger partial charge is 0.382 e. The first-order chi connectivity index (χ1) is 18.0. The van der Waals surface area contributed by atoms with Crippen molar-refractivity contribution in [2.75, 3.05) is 5.73 Å². The SMILES string of the molecule is CC(C)(N=C/C(=N\N)c1nc(-c2ccc3ncccc3c2)c(-c2ccccc2)nc1N)c1ccccn1. The third-order valence-corrected chi connectivity index (χ3v) is 6.03. The van der Waals surface area contributed by atoms with E-state index in [1.54, 1.807) is 18.6 Å². The summed E-state index contributed by atoms with van der Waals surface area (Å²) in [6.45, 7) is 3.92. The van der Waals surface area contributed by atoms with Gasteiger partial charge in [0, 0.05) is 28.9 Å². The average molecular weight is 487 g/mol. The minimum absolute atomic E-state index is 0.205. The predicted octanol–water partition coefficient (Wildman–Crippen LogP) is 5.00. The zero-order valence-electron chi connectivity index (χ0n) is 20.6. The van der Waals surface area contributed by atoms with Crippen molar-refractivity contribution < 1.29 is 0 Å². The number of nitrogen functional groups attached to an aromatic ring is 1. The molecular formula is C29H26N8. The van der Waals surface area contributed by atoms with E-state index in [1.807, 2.05) is 92.7 Å². The lowest BCUT2D eigenvalue weighted by atomic mass is 10.0. The number of hydrogen-bond donors (Lipinski definition) is 2. The van der Waals surface area contributed by atoms with Crippen molar-refractivity contribution in [1.29, 1.82) is 0 Å². The van der Waals surface area contributed by atoms with Crippen molar-refractivity contribution in [3.63, 3.8) is 0 Å². The molecule has 37 heavy (non-hydrogen) atoms. The molecule has 0 saturated carbocycles. The molecule has 5 rings (SSSR count). The van der Waals surface area contributed by atoms with E-state index in [4.69, 9.17) is 26.5 Å². The van der Waals surface area contributed by atoms with E-state index in [9.17, 15) is 0 Å². The third-order valence-electron chi connectivity index (χ3n) is 6.03. The van der Waals surface area contributed by atoms with Crippen LogP contribution in [0.15, 0.2) is 101 Å². The smallest absolute Gasteiger partial charge is 0.152 e. The summed E-state index contributed by atoms with van der Waals surface area (Å²) in [5.41, 5.74) is 11.3. The quantitative estimate of drug-likeness (QED) is 0.197. The maximum absolute atomic E-state index is 6.43. The van der Waals surface area contributed by atoms with Gasteiger partial charge in [0.1, 0.15) is 11.4 Å². The number of nitrogens with zero attached hydrogens (tertiary/aromatic N) is 6. The maximum Gasteiger partial charge on any atom is 0.152 e. The van der Waals surface area contributed by atoms with E-state index in [0.29, 0.717) is 22.8 Å². The summed E-state index contributed by atoms with van der Waals surface area (Å²) in [6.07, 6.45) is 5.08. The van der Waals surface area contributed by atoms with Crippen LogP contribution in [0.1, 0.15) is 25.2 Å². The summed E-state index contributed by atoms with van der Waals surface area (Å²) in [4.78, 5) is 23.3. The molecule has 182 valence electrons. The Kier molecular flexibility index (Phi) is 6.38. The van der Waals surface area contributed by atoms with Gasteiger partial charge in [-0.2, -0.15) is 5.10 Å². The monoisotopic (exact) mass is 486 g/mol. The molecule has 0 bridgehead atoms. The van der Waals surface area contributed by atoms with Crippen LogP contribution in [0.2, 0.25) is 0 Å². The molecule has 3 heterocycles. The number of aliphatic imine (C=N–C) groups is 1. The molecule has 0 aliphatic rings. The van der Waals surface area contributed by atoms with E-state index in [2.05, 4.69) is 15.1 Å². The number of nitrogens with two attached hydrogens (primary N) is 2. The summed E-state index contributed by atoms with van der Waals surface area (Å²) in [6, 6.07) is 25.4. The number of benzene rings is 2. The van der Waals surface area contributed by atoms with Crippen molar-refractivity contribution in [2.45, 2.75) is 19.4 Å². The van der Waals surface area contributed by atoms with Crippen molar-refractivity contribution in [1.82, 2.24) is 19.9 Å². The fourth-order valence-electron chi connectivity index (χ4n) is 4.03. The van der Waals surface area contributed by atoms with Gasteiger partial charge in [-0.1, -0.05) is 48.5 Å². The molecule has 5 aromatic rings.